The normalized spacial score (nSPS) is 16.4. The summed E-state index contributed by atoms with van der Waals surface area (Å²) in [4.78, 5) is 0. The van der Waals surface area contributed by atoms with Crippen molar-refractivity contribution in [1.29, 1.82) is 0 Å². The lowest BCUT2D eigenvalue weighted by Gasteiger charge is -2.19. The Morgan fingerprint density at radius 1 is 1.00 bits per heavy atom. The maximum absolute atomic E-state index is 3.82. The number of hydrogen-bond acceptors (Lipinski definition) is 1. The predicted molar refractivity (Wildman–Crippen MR) is 92.6 cm³/mol. The molecular formula is C20H33N. The summed E-state index contributed by atoms with van der Waals surface area (Å²) in [5.41, 5.74) is 2.85. The van der Waals surface area contributed by atoms with Crippen LogP contribution < -0.4 is 5.32 Å². The zero-order valence-electron chi connectivity index (χ0n) is 14.2. The van der Waals surface area contributed by atoms with Crippen LogP contribution in [0.25, 0.3) is 0 Å². The molecule has 0 heterocycles. The Balaban J connectivity index is 1.66. The highest BCUT2D eigenvalue weighted by molar-refractivity contribution is 5.25. The largest absolute Gasteiger partial charge is 0.310 e. The van der Waals surface area contributed by atoms with E-state index in [-0.39, 0.29) is 0 Å². The molecule has 0 aliphatic heterocycles. The second kappa shape index (κ2) is 8.58. The van der Waals surface area contributed by atoms with Gasteiger partial charge in [-0.25, -0.2) is 0 Å². The summed E-state index contributed by atoms with van der Waals surface area (Å²) in [6.45, 7) is 7.99. The molecule has 1 fully saturated rings. The zero-order valence-corrected chi connectivity index (χ0v) is 14.2. The van der Waals surface area contributed by atoms with Gasteiger partial charge in [-0.2, -0.15) is 0 Å². The number of nitrogens with one attached hydrogen (secondary N) is 1. The van der Waals surface area contributed by atoms with Crippen LogP contribution in [0.15, 0.2) is 24.3 Å². The predicted octanol–water partition coefficient (Wildman–Crippen LogP) is 5.64. The first-order chi connectivity index (χ1) is 10.2. The van der Waals surface area contributed by atoms with Gasteiger partial charge in [-0.3, -0.25) is 0 Å². The second-order valence-corrected chi connectivity index (χ2v) is 7.28. The van der Waals surface area contributed by atoms with Gasteiger partial charge in [-0.15, -0.1) is 0 Å². The van der Waals surface area contributed by atoms with E-state index in [4.69, 9.17) is 0 Å². The van der Waals surface area contributed by atoms with Crippen molar-refractivity contribution in [2.24, 2.45) is 11.8 Å². The van der Waals surface area contributed by atoms with Crippen molar-refractivity contribution in [1.82, 2.24) is 5.32 Å². The molecule has 2 rings (SSSR count). The van der Waals surface area contributed by atoms with Crippen LogP contribution in [-0.2, 0) is 0 Å². The van der Waals surface area contributed by atoms with E-state index in [1.165, 1.54) is 62.6 Å². The number of hydrogen-bond donors (Lipinski definition) is 1. The fourth-order valence-electron chi connectivity index (χ4n) is 3.05. The van der Waals surface area contributed by atoms with Gasteiger partial charge < -0.3 is 5.32 Å². The van der Waals surface area contributed by atoms with Gasteiger partial charge >= 0.3 is 0 Å². The Morgan fingerprint density at radius 3 is 2.29 bits per heavy atom. The molecule has 1 unspecified atom stereocenters. The summed E-state index contributed by atoms with van der Waals surface area (Å²) in [5, 5.41) is 3.82. The van der Waals surface area contributed by atoms with Gasteiger partial charge in [-0.1, -0.05) is 69.4 Å². The molecule has 1 aliphatic carbocycles. The molecule has 21 heavy (non-hydrogen) atoms. The molecule has 1 aliphatic rings. The molecule has 1 heteroatoms. The Kier molecular flexibility index (Phi) is 6.76. The summed E-state index contributed by atoms with van der Waals surface area (Å²) >= 11 is 0. The average Bonchev–Trinajstić information content (AvgIpc) is 3.27. The molecule has 1 aromatic carbocycles. The minimum atomic E-state index is 0.598. The SMILES string of the molecule is Cc1ccc(C(NCCCCCCC(C)C)C2CC2)cc1. The van der Waals surface area contributed by atoms with E-state index in [2.05, 4.69) is 50.4 Å². The van der Waals surface area contributed by atoms with E-state index in [1.54, 1.807) is 0 Å². The summed E-state index contributed by atoms with van der Waals surface area (Å²) in [6, 6.07) is 9.72. The highest BCUT2D eigenvalue weighted by Gasteiger charge is 2.31. The minimum absolute atomic E-state index is 0.598. The molecular weight excluding hydrogens is 254 g/mol. The molecule has 1 N–H and O–H groups in total. The summed E-state index contributed by atoms with van der Waals surface area (Å²) in [5.74, 6) is 1.75. The Bertz CT molecular complexity index is 389. The number of unbranched alkanes of at least 4 members (excludes halogenated alkanes) is 3. The molecule has 0 radical (unpaired) electrons. The van der Waals surface area contributed by atoms with Crippen molar-refractivity contribution >= 4 is 0 Å². The lowest BCUT2D eigenvalue weighted by Crippen LogP contribution is -2.24. The summed E-state index contributed by atoms with van der Waals surface area (Å²) < 4.78 is 0. The van der Waals surface area contributed by atoms with Crippen LogP contribution >= 0.6 is 0 Å². The van der Waals surface area contributed by atoms with E-state index in [0.717, 1.165) is 11.8 Å². The van der Waals surface area contributed by atoms with E-state index < -0.39 is 0 Å². The first-order valence-electron chi connectivity index (χ1n) is 8.97. The molecule has 0 spiro atoms. The third-order valence-corrected chi connectivity index (χ3v) is 4.60. The molecule has 0 bridgehead atoms. The lowest BCUT2D eigenvalue weighted by molar-refractivity contribution is 0.458. The summed E-state index contributed by atoms with van der Waals surface area (Å²) in [6.07, 6.45) is 9.71. The smallest absolute Gasteiger partial charge is 0.0348 e. The van der Waals surface area contributed by atoms with Crippen molar-refractivity contribution < 1.29 is 0 Å². The first-order valence-corrected chi connectivity index (χ1v) is 8.97. The Morgan fingerprint density at radius 2 is 1.67 bits per heavy atom. The molecule has 1 saturated carbocycles. The van der Waals surface area contributed by atoms with Crippen LogP contribution in [0.5, 0.6) is 0 Å². The van der Waals surface area contributed by atoms with Gasteiger partial charge in [0.2, 0.25) is 0 Å². The summed E-state index contributed by atoms with van der Waals surface area (Å²) in [7, 11) is 0. The molecule has 1 nitrogen and oxygen atoms in total. The van der Waals surface area contributed by atoms with Crippen LogP contribution in [0, 0.1) is 18.8 Å². The van der Waals surface area contributed by atoms with Gasteiger partial charge in [-0.05, 0) is 50.1 Å². The maximum Gasteiger partial charge on any atom is 0.0348 e. The van der Waals surface area contributed by atoms with Crippen LogP contribution in [0.1, 0.15) is 76.0 Å². The maximum atomic E-state index is 3.82. The second-order valence-electron chi connectivity index (χ2n) is 7.28. The van der Waals surface area contributed by atoms with Crippen LogP contribution in [-0.4, -0.2) is 6.54 Å². The standard InChI is InChI=1S/C20H33N/c1-16(2)8-6-4-5-7-15-21-20(19-13-14-19)18-11-9-17(3)10-12-18/h9-12,16,19-21H,4-8,13-15H2,1-3H3. The Hall–Kier alpha value is -0.820. The van der Waals surface area contributed by atoms with Crippen molar-refractivity contribution in [3.8, 4) is 0 Å². The highest BCUT2D eigenvalue weighted by Crippen LogP contribution is 2.41. The fraction of sp³-hybridized carbons (Fsp3) is 0.700. The van der Waals surface area contributed by atoms with E-state index >= 15 is 0 Å². The number of rotatable bonds is 10. The van der Waals surface area contributed by atoms with Crippen LogP contribution in [0.3, 0.4) is 0 Å². The number of benzene rings is 1. The topological polar surface area (TPSA) is 12.0 Å². The number of aryl methyl sites for hydroxylation is 1. The van der Waals surface area contributed by atoms with Gasteiger partial charge in [0.15, 0.2) is 0 Å². The van der Waals surface area contributed by atoms with Crippen molar-refractivity contribution in [3.05, 3.63) is 35.4 Å². The molecule has 0 aromatic heterocycles. The lowest BCUT2D eigenvalue weighted by atomic mass is 10.0. The fourth-order valence-corrected chi connectivity index (χ4v) is 3.05. The molecule has 118 valence electrons. The third kappa shape index (κ3) is 6.22. The zero-order chi connectivity index (χ0) is 15.1. The van der Waals surface area contributed by atoms with E-state index in [1.807, 2.05) is 0 Å². The molecule has 1 atom stereocenters. The van der Waals surface area contributed by atoms with E-state index in [0.29, 0.717) is 6.04 Å². The van der Waals surface area contributed by atoms with Gasteiger partial charge in [0.1, 0.15) is 0 Å². The van der Waals surface area contributed by atoms with E-state index in [9.17, 15) is 0 Å². The molecule has 0 saturated heterocycles. The Labute approximate surface area is 131 Å². The molecule has 1 aromatic rings. The van der Waals surface area contributed by atoms with Gasteiger partial charge in [0.25, 0.3) is 0 Å². The van der Waals surface area contributed by atoms with Crippen LogP contribution in [0.2, 0.25) is 0 Å². The third-order valence-electron chi connectivity index (χ3n) is 4.60. The van der Waals surface area contributed by atoms with Crippen molar-refractivity contribution in [2.75, 3.05) is 6.54 Å². The first kappa shape index (κ1) is 16.5. The van der Waals surface area contributed by atoms with Crippen molar-refractivity contribution in [3.63, 3.8) is 0 Å². The van der Waals surface area contributed by atoms with Crippen LogP contribution in [0.4, 0.5) is 0 Å². The van der Waals surface area contributed by atoms with Gasteiger partial charge in [0.05, 0.1) is 0 Å². The monoisotopic (exact) mass is 287 g/mol. The average molecular weight is 287 g/mol. The van der Waals surface area contributed by atoms with Gasteiger partial charge in [0, 0.05) is 6.04 Å². The highest BCUT2D eigenvalue weighted by atomic mass is 14.9. The quantitative estimate of drug-likeness (QED) is 0.549. The van der Waals surface area contributed by atoms with Crippen molar-refractivity contribution in [2.45, 2.75) is 71.8 Å². The molecule has 0 amide bonds. The minimum Gasteiger partial charge on any atom is -0.310 e.